The van der Waals surface area contributed by atoms with Crippen LogP contribution in [0.15, 0.2) is 230 Å². The number of carbonyl (C=O) groups is 2. The summed E-state index contributed by atoms with van der Waals surface area (Å²) in [6.45, 7) is 6.44. The number of carbonyl (C=O) groups excluding carboxylic acids is 2. The maximum atomic E-state index is 12.8. The highest BCUT2D eigenvalue weighted by Gasteiger charge is 2.20. The maximum absolute atomic E-state index is 12.8. The number of amides is 2. The lowest BCUT2D eigenvalue weighted by Crippen LogP contribution is -2.20. The summed E-state index contributed by atoms with van der Waals surface area (Å²) < 4.78 is 5.28. The fraction of sp³-hybridized carbons (Fsp3) is 0.108. The van der Waals surface area contributed by atoms with E-state index in [-0.39, 0.29) is 29.4 Å². The van der Waals surface area contributed by atoms with E-state index in [1.54, 1.807) is 89.2 Å². The lowest BCUT2D eigenvalue weighted by Gasteiger charge is -2.16. The largest absolute Gasteiger partial charge is 0.507 e. The predicted molar refractivity (Wildman–Crippen MR) is 329 cm³/mol. The van der Waals surface area contributed by atoms with Gasteiger partial charge in [-0.3, -0.25) is 19.6 Å². The van der Waals surface area contributed by atoms with Gasteiger partial charge >= 0.3 is 0 Å². The van der Waals surface area contributed by atoms with Crippen LogP contribution < -0.4 is 10.6 Å². The second-order valence-corrected chi connectivity index (χ2v) is 20.3. The Balaban J connectivity index is 0.000000138. The van der Waals surface area contributed by atoms with Gasteiger partial charge < -0.3 is 15.7 Å². The van der Waals surface area contributed by atoms with Gasteiger partial charge in [0.15, 0.2) is 11.6 Å². The second kappa shape index (κ2) is 26.3. The molecule has 0 radical (unpaired) electrons. The van der Waals surface area contributed by atoms with Crippen LogP contribution in [0.4, 0.5) is 11.6 Å². The highest BCUT2D eigenvalue weighted by Crippen LogP contribution is 2.32. The summed E-state index contributed by atoms with van der Waals surface area (Å²) in [5, 5.41) is 38.3. The normalized spacial score (nSPS) is 14.1. The summed E-state index contributed by atoms with van der Waals surface area (Å²) in [5.41, 5.74) is 12.6. The molecule has 0 spiro atoms. The van der Waals surface area contributed by atoms with Gasteiger partial charge in [0, 0.05) is 99.9 Å². The predicted octanol–water partition coefficient (Wildman–Crippen LogP) is 11.4. The fourth-order valence-corrected chi connectivity index (χ4v) is 9.48. The molecular formula is C65H54ClN17O3. The summed E-state index contributed by atoms with van der Waals surface area (Å²) in [6, 6.07) is 41.8. The fourth-order valence-electron chi connectivity index (χ4n) is 9.31. The third kappa shape index (κ3) is 13.8. The molecule has 3 N–H and O–H groups in total. The number of allylic oxidation sites excluding steroid dienone is 2. The number of phenols is 1. The van der Waals surface area contributed by atoms with Crippen molar-refractivity contribution >= 4 is 41.3 Å². The average molecular weight is 1160 g/mol. The Kier molecular flexibility index (Phi) is 17.3. The zero-order valence-electron chi connectivity index (χ0n) is 46.7. The molecule has 86 heavy (non-hydrogen) atoms. The zero-order chi connectivity index (χ0) is 59.4. The van der Waals surface area contributed by atoms with Gasteiger partial charge in [0.25, 0.3) is 11.8 Å². The number of aliphatic imine (C=N–C) groups is 1. The number of nitrogens with zero attached hydrogens (tertiary/aromatic N) is 15. The molecule has 11 aromatic rings. The Hall–Kier alpha value is -11.3. The van der Waals surface area contributed by atoms with Gasteiger partial charge in [0.2, 0.25) is 0 Å². The van der Waals surface area contributed by atoms with Crippen LogP contribution in [0.1, 0.15) is 46.5 Å². The van der Waals surface area contributed by atoms with Crippen LogP contribution in [0.25, 0.3) is 51.0 Å². The van der Waals surface area contributed by atoms with Crippen molar-refractivity contribution < 1.29 is 14.7 Å². The van der Waals surface area contributed by atoms with Gasteiger partial charge in [-0.25, -0.2) is 39.0 Å². The number of nitrogens with one attached hydrogen (secondary N) is 2. The molecular weight excluding hydrogens is 1100 g/mol. The molecule has 0 saturated heterocycles. The number of rotatable bonds is 12. The Morgan fingerprint density at radius 2 is 1.20 bits per heavy atom. The highest BCUT2D eigenvalue weighted by molar-refractivity contribution is 6.31. The van der Waals surface area contributed by atoms with E-state index in [0.717, 1.165) is 68.5 Å². The van der Waals surface area contributed by atoms with Crippen molar-refractivity contribution in [1.82, 2.24) is 69.4 Å². The number of anilines is 2. The van der Waals surface area contributed by atoms with E-state index in [1.807, 2.05) is 153 Å². The van der Waals surface area contributed by atoms with Crippen LogP contribution >= 0.6 is 11.6 Å². The van der Waals surface area contributed by atoms with Crippen molar-refractivity contribution in [3.63, 3.8) is 0 Å². The SMILES string of the molecule is Cc1cc(-c2ccccc2)nn1-c1ccc(NC(=O)C2=CC(c3cncnc3)CC=C2)nc1.Cc1cc(-c2ccccc2)nn1-c1ccc(NC(=O)C2=CC(c3cncnc3)CN=C2)nn1.Cc1ccc(-n2ccc(-c3cc(Cl)ccc3O)n2)cn1. The monoisotopic (exact) mass is 1160 g/mol. The Labute approximate surface area is 499 Å². The van der Waals surface area contributed by atoms with E-state index < -0.39 is 0 Å². The number of dihydropyridines is 1. The standard InChI is InChI=1S/C26H22N6O.C24H20N8O.C15H12ClN3O/c1-18-12-24(19-6-3-2-4-7-19)31-32(18)23-10-11-25(29-16-23)30-26(33)21-9-5-8-20(13-21)22-14-27-17-28-15-22;1-16-9-21(17-5-3-2-4-6-17)31-32(16)23-8-7-22(29-30-23)28-24(33)19-10-18(11-25-12-19)20-13-26-15-27-14-20;1-10-2-4-12(9-17-10)19-7-6-14(18-19)13-8-11(16)3-5-15(13)20/h2-7,9-17,20H,8H2,1H3,(H,29,30,33);2-10,12-15,18H,11H2,1H3,(H,28,29,33);2-9,20H,1H3. The van der Waals surface area contributed by atoms with Crippen LogP contribution in [0.5, 0.6) is 5.75 Å². The smallest absolute Gasteiger partial charge is 0.258 e. The first-order chi connectivity index (χ1) is 42.0. The molecule has 0 fully saturated rings. The van der Waals surface area contributed by atoms with Crippen molar-refractivity contribution in [3.8, 4) is 56.7 Å². The van der Waals surface area contributed by atoms with E-state index >= 15 is 0 Å². The Bertz CT molecular complexity index is 4050. The first kappa shape index (κ1) is 56.6. The Morgan fingerprint density at radius 1 is 0.581 bits per heavy atom. The molecule has 0 bridgehead atoms. The number of halogens is 1. The molecule has 0 saturated carbocycles. The number of pyridine rings is 2. The van der Waals surface area contributed by atoms with Gasteiger partial charge in [0.05, 0.1) is 46.4 Å². The molecule has 1 aliphatic heterocycles. The molecule has 1 aliphatic carbocycles. The van der Waals surface area contributed by atoms with Gasteiger partial charge in [-0.05, 0) is 111 Å². The molecule has 9 heterocycles. The molecule has 2 atom stereocenters. The van der Waals surface area contributed by atoms with E-state index in [1.165, 1.54) is 12.7 Å². The second-order valence-electron chi connectivity index (χ2n) is 19.9. The lowest BCUT2D eigenvalue weighted by molar-refractivity contribution is -0.113. The lowest BCUT2D eigenvalue weighted by atomic mass is 9.91. The first-order valence-electron chi connectivity index (χ1n) is 27.2. The van der Waals surface area contributed by atoms with Crippen LogP contribution in [0.3, 0.4) is 0 Å². The van der Waals surface area contributed by atoms with E-state index in [9.17, 15) is 14.7 Å². The van der Waals surface area contributed by atoms with Crippen LogP contribution in [0, 0.1) is 20.8 Å². The third-order valence-electron chi connectivity index (χ3n) is 13.8. The molecule has 2 unspecified atom stereocenters. The number of benzene rings is 3. The van der Waals surface area contributed by atoms with Gasteiger partial charge in [0.1, 0.15) is 24.2 Å². The number of aromatic nitrogens is 14. The van der Waals surface area contributed by atoms with E-state index in [2.05, 4.69) is 65.9 Å². The number of hydrogen-bond donors (Lipinski definition) is 3. The molecule has 2 aliphatic rings. The van der Waals surface area contributed by atoms with Gasteiger partial charge in [-0.15, -0.1) is 10.2 Å². The number of hydrogen-bond acceptors (Lipinski definition) is 15. The first-order valence-corrected chi connectivity index (χ1v) is 27.6. The summed E-state index contributed by atoms with van der Waals surface area (Å²) in [7, 11) is 0. The molecule has 13 rings (SSSR count). The average Bonchev–Trinajstić information content (AvgIpc) is 4.33. The third-order valence-corrected chi connectivity index (χ3v) is 14.0. The van der Waals surface area contributed by atoms with Crippen molar-refractivity contribution in [2.45, 2.75) is 39.0 Å². The van der Waals surface area contributed by atoms with Crippen molar-refractivity contribution in [3.05, 3.63) is 258 Å². The van der Waals surface area contributed by atoms with E-state index in [4.69, 9.17) is 16.7 Å². The minimum absolute atomic E-state index is 0.0491. The molecule has 20 nitrogen and oxygen atoms in total. The van der Waals surface area contributed by atoms with Crippen molar-refractivity contribution in [1.29, 1.82) is 0 Å². The van der Waals surface area contributed by atoms with Crippen molar-refractivity contribution in [2.75, 3.05) is 17.2 Å². The molecule has 3 aromatic carbocycles. The minimum Gasteiger partial charge on any atom is -0.507 e. The number of aromatic hydroxyl groups is 1. The number of phenolic OH excluding ortho intramolecular Hbond substituents is 1. The molecule has 21 heteroatoms. The summed E-state index contributed by atoms with van der Waals surface area (Å²) in [6.07, 6.45) is 25.3. The Morgan fingerprint density at radius 3 is 1.85 bits per heavy atom. The van der Waals surface area contributed by atoms with Crippen molar-refractivity contribution in [2.24, 2.45) is 4.99 Å². The molecule has 2 amide bonds. The number of aryl methyl sites for hydroxylation is 3. The summed E-state index contributed by atoms with van der Waals surface area (Å²) in [5.74, 6) is 1.07. The molecule has 424 valence electrons. The highest BCUT2D eigenvalue weighted by atomic mass is 35.5. The van der Waals surface area contributed by atoms with E-state index in [0.29, 0.717) is 51.4 Å². The summed E-state index contributed by atoms with van der Waals surface area (Å²) in [4.78, 5) is 54.7. The quantitative estimate of drug-likeness (QED) is 0.103. The van der Waals surface area contributed by atoms with Crippen LogP contribution in [0.2, 0.25) is 5.02 Å². The maximum Gasteiger partial charge on any atom is 0.258 e. The summed E-state index contributed by atoms with van der Waals surface area (Å²) >= 11 is 5.95. The topological polar surface area (TPSA) is 247 Å². The van der Waals surface area contributed by atoms with Gasteiger partial charge in [-0.1, -0.05) is 96.6 Å². The van der Waals surface area contributed by atoms with Crippen LogP contribution in [-0.2, 0) is 9.59 Å². The van der Waals surface area contributed by atoms with Crippen LogP contribution in [-0.4, -0.2) is 99.1 Å². The van der Waals surface area contributed by atoms with Gasteiger partial charge in [-0.2, -0.15) is 15.3 Å². The zero-order valence-corrected chi connectivity index (χ0v) is 47.5. The molecule has 8 aromatic heterocycles. The minimum atomic E-state index is -0.302.